The van der Waals surface area contributed by atoms with Gasteiger partial charge in [0.25, 0.3) is 0 Å². The van der Waals surface area contributed by atoms with Crippen LogP contribution in [0.1, 0.15) is 43.9 Å². The van der Waals surface area contributed by atoms with Gasteiger partial charge < -0.3 is 37.3 Å². The third-order valence-electron chi connectivity index (χ3n) is 19.7. The Kier molecular flexibility index (Phi) is 11.1. The number of nitrogens with zero attached hydrogens (tertiary/aromatic N) is 4. The minimum absolute atomic E-state index is 0.353. The van der Waals surface area contributed by atoms with Crippen molar-refractivity contribution in [3.05, 3.63) is 235 Å². The summed E-state index contributed by atoms with van der Waals surface area (Å²) in [5, 5.41) is 13.3. The van der Waals surface area contributed by atoms with Crippen molar-refractivity contribution in [2.75, 3.05) is 32.9 Å². The highest BCUT2D eigenvalue weighted by Gasteiger charge is 2.40. The number of para-hydroxylation sites is 2. The van der Waals surface area contributed by atoms with Gasteiger partial charge in [0, 0.05) is 71.8 Å². The van der Waals surface area contributed by atoms with Crippen LogP contribution in [0.2, 0.25) is 0 Å². The van der Waals surface area contributed by atoms with Crippen molar-refractivity contribution in [2.45, 2.75) is 44.4 Å². The van der Waals surface area contributed by atoms with E-state index in [4.69, 9.17) is 17.7 Å². The Hall–Kier alpha value is -8.52. The van der Waals surface area contributed by atoms with Gasteiger partial charge in [-0.25, -0.2) is 0 Å². The molecule has 89 heavy (non-hydrogen) atoms. The molecule has 0 amide bonds. The molecule has 1 atom stereocenters. The van der Waals surface area contributed by atoms with Crippen molar-refractivity contribution < 1.29 is 17.7 Å². The Bertz CT molecular complexity index is 5680. The lowest BCUT2D eigenvalue weighted by Gasteiger charge is -2.41. The predicted octanol–water partition coefficient (Wildman–Crippen LogP) is 24.3. The predicted molar refractivity (Wildman–Crippen MR) is 381 cm³/mol. The molecule has 0 N–H and O–H groups in total. The van der Waals surface area contributed by atoms with Crippen LogP contribution in [0.25, 0.3) is 109 Å². The van der Waals surface area contributed by atoms with Crippen molar-refractivity contribution in [1.29, 1.82) is 0 Å². The second-order valence-electron chi connectivity index (χ2n) is 25.4. The molecule has 12 aromatic carbocycles. The summed E-state index contributed by atoms with van der Waals surface area (Å²) in [5.41, 5.74) is 18.2. The average molecular weight is 1410 g/mol. The van der Waals surface area contributed by atoms with Crippen LogP contribution >= 0.6 is 63.7 Å². The fraction of sp³-hybridized carbons (Fsp3) is 0.117. The van der Waals surface area contributed by atoms with Gasteiger partial charge in [0.1, 0.15) is 58.2 Å². The Morgan fingerprint density at radius 2 is 0.809 bits per heavy atom. The highest BCUT2D eigenvalue weighted by molar-refractivity contribution is 9.11. The Morgan fingerprint density at radius 3 is 1.39 bits per heavy atom. The molecule has 430 valence electrons. The van der Waals surface area contributed by atoms with Crippen molar-refractivity contribution in [3.63, 3.8) is 0 Å². The summed E-state index contributed by atoms with van der Waals surface area (Å²) in [7, 11) is 0. The smallest absolute Gasteiger partial charge is 0.160 e. The van der Waals surface area contributed by atoms with Crippen LogP contribution in [0.5, 0.6) is 0 Å². The molecule has 1 unspecified atom stereocenters. The van der Waals surface area contributed by atoms with Gasteiger partial charge in [0.05, 0.1) is 34.1 Å². The van der Waals surface area contributed by atoms with E-state index in [9.17, 15) is 0 Å². The number of hydrogen-bond donors (Lipinski definition) is 0. The zero-order chi connectivity index (χ0) is 59.5. The summed E-state index contributed by atoms with van der Waals surface area (Å²) in [6, 6.07) is 73.0. The highest BCUT2D eigenvalue weighted by Crippen LogP contribution is 2.56. The first-order chi connectivity index (χ1) is 43.3. The van der Waals surface area contributed by atoms with Gasteiger partial charge in [-0.1, -0.05) is 124 Å². The molecule has 19 rings (SSSR count). The monoisotopic (exact) mass is 1410 g/mol. The van der Waals surface area contributed by atoms with E-state index >= 15 is 0 Å². The Labute approximate surface area is 543 Å². The summed E-state index contributed by atoms with van der Waals surface area (Å²) in [4.78, 5) is 9.76. The molecule has 0 spiro atoms. The maximum absolute atomic E-state index is 7.40. The number of rotatable bonds is 4. The van der Waals surface area contributed by atoms with Crippen LogP contribution in [-0.2, 0) is 17.3 Å². The molecule has 4 aromatic heterocycles. The topological polar surface area (TPSA) is 65.5 Å². The van der Waals surface area contributed by atoms with Crippen LogP contribution in [0.4, 0.5) is 45.5 Å². The second kappa shape index (κ2) is 18.8. The van der Waals surface area contributed by atoms with E-state index < -0.39 is 5.41 Å². The molecule has 7 heterocycles. The molecule has 12 heteroatoms. The number of benzene rings is 12. The van der Waals surface area contributed by atoms with E-state index in [1.54, 1.807) is 0 Å². The maximum atomic E-state index is 7.40. The van der Waals surface area contributed by atoms with Gasteiger partial charge in [0.2, 0.25) is 0 Å². The van der Waals surface area contributed by atoms with Gasteiger partial charge >= 0.3 is 0 Å². The normalized spacial score (nSPS) is 16.4. The van der Waals surface area contributed by atoms with Gasteiger partial charge in [-0.05, 0) is 212 Å². The highest BCUT2D eigenvalue weighted by atomic mass is 79.9. The lowest BCUT2D eigenvalue weighted by molar-refractivity contribution is 0.324. The summed E-state index contributed by atoms with van der Waals surface area (Å²) >= 11 is 16.4. The van der Waals surface area contributed by atoms with E-state index in [2.05, 4.69) is 280 Å². The molecule has 0 saturated carbocycles. The lowest BCUT2D eigenvalue weighted by Crippen LogP contribution is -2.36. The van der Waals surface area contributed by atoms with E-state index in [1.807, 2.05) is 24.3 Å². The molecule has 0 fully saturated rings. The van der Waals surface area contributed by atoms with Crippen LogP contribution < -0.4 is 19.6 Å². The quantitative estimate of drug-likeness (QED) is 0.173. The SMILES string of the molecule is CC1(C)CC(C)(Cc2ccc3c4c(cccc24)N(c2cc4c(cc2Br)oc2ccccc24)CN3c2cc3c(cc2Br)oc2ccccc23)c2ccc3c(c2)oc2c(c(Br)ccc23)N2CN(c3c(Br)ccc4c3oc3cc1ccc34)c1cccc3cccc2c13. The third kappa shape index (κ3) is 7.54. The van der Waals surface area contributed by atoms with Crippen LogP contribution in [0, 0.1) is 0 Å². The lowest BCUT2D eigenvalue weighted by atomic mass is 9.65. The van der Waals surface area contributed by atoms with E-state index in [1.165, 1.54) is 27.5 Å². The first kappa shape index (κ1) is 52.4. The van der Waals surface area contributed by atoms with Crippen LogP contribution in [-0.4, -0.2) is 13.3 Å². The summed E-state index contributed by atoms with van der Waals surface area (Å²) < 4.78 is 31.4. The van der Waals surface area contributed by atoms with Gasteiger partial charge in [-0.3, -0.25) is 0 Å². The summed E-state index contributed by atoms with van der Waals surface area (Å²) in [5.74, 6) is 0. The number of halogens is 4. The summed E-state index contributed by atoms with van der Waals surface area (Å²) in [6.07, 6.45) is 1.52. The van der Waals surface area contributed by atoms with E-state index in [0.29, 0.717) is 13.3 Å². The van der Waals surface area contributed by atoms with Crippen LogP contribution in [0.15, 0.2) is 236 Å². The molecular weight excluding hydrogens is 1360 g/mol. The van der Waals surface area contributed by atoms with E-state index in [-0.39, 0.29) is 5.41 Å². The first-order valence-corrected chi connectivity index (χ1v) is 33.2. The fourth-order valence-electron chi connectivity index (χ4n) is 15.7. The Morgan fingerprint density at radius 1 is 0.348 bits per heavy atom. The zero-order valence-electron chi connectivity index (χ0n) is 48.3. The minimum Gasteiger partial charge on any atom is -0.456 e. The average Bonchev–Trinajstić information content (AvgIpc) is 1.69. The first-order valence-electron chi connectivity index (χ1n) is 30.0. The minimum atomic E-state index is -0.458. The van der Waals surface area contributed by atoms with Gasteiger partial charge in [0.15, 0.2) is 11.2 Å². The molecule has 0 saturated heterocycles. The number of fused-ring (bicyclic) bond motifs is 16. The molecule has 8 nitrogen and oxygen atoms in total. The number of anilines is 8. The molecule has 0 radical (unpaired) electrons. The molecule has 3 aliphatic rings. The largest absolute Gasteiger partial charge is 0.456 e. The second-order valence-corrected chi connectivity index (χ2v) is 28.8. The van der Waals surface area contributed by atoms with Crippen LogP contribution in [0.3, 0.4) is 0 Å². The molecule has 16 aromatic rings. The van der Waals surface area contributed by atoms with Crippen molar-refractivity contribution >= 4 is 219 Å². The van der Waals surface area contributed by atoms with Crippen molar-refractivity contribution in [1.82, 2.24) is 0 Å². The Balaban J connectivity index is 0.832. The van der Waals surface area contributed by atoms with Crippen molar-refractivity contribution in [3.8, 4) is 0 Å². The standard InChI is InChI=1S/C77H50Br4N4O4/c1-76(2)38-77(3,37-42-21-30-61-71-45(42)15-10-18-60(71)82(62-33-52-46-13-4-6-19-64(46)86-68(52)35-56(62)80)39-83(61)63-34-53-47-14-5-7-20-65(47)87-69(53)36-57(63)81)44-23-25-49-51-27-29-55(79)73(75(51)89-67(49)32-44)85-40-84(58-16-8-11-41-12-9-17-59(85)70(41)58)72-54(78)28-26-50-48-24-22-43(76)31-66(48)88-74(50)72/h4-36H,37-40H2,1-3H3. The molecular formula is C77H50Br4N4O4. The number of hydrogen-bond acceptors (Lipinski definition) is 8. The maximum Gasteiger partial charge on any atom is 0.160 e. The van der Waals surface area contributed by atoms with Crippen molar-refractivity contribution in [2.24, 2.45) is 0 Å². The van der Waals surface area contributed by atoms with Gasteiger partial charge in [-0.15, -0.1) is 0 Å². The molecule has 8 bridgehead atoms. The third-order valence-corrected chi connectivity index (χ3v) is 22.3. The van der Waals surface area contributed by atoms with Gasteiger partial charge in [-0.2, -0.15) is 0 Å². The summed E-state index contributed by atoms with van der Waals surface area (Å²) in [6.45, 7) is 8.30. The van der Waals surface area contributed by atoms with E-state index in [0.717, 1.165) is 175 Å². The molecule has 3 aliphatic heterocycles. The number of furan rings is 4. The zero-order valence-corrected chi connectivity index (χ0v) is 54.7. The molecule has 0 aliphatic carbocycles. The fourth-order valence-corrected chi connectivity index (χ4v) is 17.8.